The van der Waals surface area contributed by atoms with Crippen molar-refractivity contribution in [1.29, 1.82) is 0 Å². The first-order chi connectivity index (χ1) is 15.3. The fourth-order valence-electron chi connectivity index (χ4n) is 3.58. The van der Waals surface area contributed by atoms with Gasteiger partial charge in [0.1, 0.15) is 11.4 Å². The molecule has 3 aromatic heterocycles. The van der Waals surface area contributed by atoms with Gasteiger partial charge in [-0.2, -0.15) is 0 Å². The molecule has 0 unspecified atom stereocenters. The lowest BCUT2D eigenvalue weighted by atomic mass is 9.92. The van der Waals surface area contributed by atoms with Crippen LogP contribution in [0.25, 0.3) is 11.4 Å². The van der Waals surface area contributed by atoms with Gasteiger partial charge < -0.3 is 4.74 Å². The second-order valence-electron chi connectivity index (χ2n) is 7.82. The summed E-state index contributed by atoms with van der Waals surface area (Å²) in [6.45, 7) is 3.47. The molecule has 1 aliphatic carbocycles. The zero-order valence-corrected chi connectivity index (χ0v) is 19.5. The highest BCUT2D eigenvalue weighted by atomic mass is 35.5. The topological polar surface area (TPSA) is 125 Å². The monoisotopic (exact) mass is 477 g/mol. The zero-order valence-electron chi connectivity index (χ0n) is 17.9. The summed E-state index contributed by atoms with van der Waals surface area (Å²) in [5.41, 5.74) is 1.76. The highest BCUT2D eigenvalue weighted by Crippen LogP contribution is 2.38. The number of nitrogens with one attached hydrogen (secondary N) is 1. The normalized spacial score (nSPS) is 16.4. The minimum Gasteiger partial charge on any atom is -0.372 e. The third-order valence-electron chi connectivity index (χ3n) is 5.57. The molecule has 0 saturated heterocycles. The van der Waals surface area contributed by atoms with E-state index in [9.17, 15) is 8.42 Å². The third kappa shape index (κ3) is 4.45. The summed E-state index contributed by atoms with van der Waals surface area (Å²) in [4.78, 5) is 12.5. The van der Waals surface area contributed by atoms with Gasteiger partial charge in [0.15, 0.2) is 11.6 Å². The van der Waals surface area contributed by atoms with Crippen LogP contribution in [-0.2, 0) is 14.8 Å². The zero-order chi connectivity index (χ0) is 22.9. The van der Waals surface area contributed by atoms with Crippen molar-refractivity contribution in [2.45, 2.75) is 50.5 Å². The summed E-state index contributed by atoms with van der Waals surface area (Å²) in [6.07, 6.45) is 8.27. The molecule has 3 heterocycles. The highest BCUT2D eigenvalue weighted by molar-refractivity contribution is 7.93. The Bertz CT molecular complexity index is 1200. The number of anilines is 1. The van der Waals surface area contributed by atoms with Gasteiger partial charge in [-0.25, -0.2) is 18.4 Å². The number of methoxy groups -OCH3 is 1. The van der Waals surface area contributed by atoms with Crippen molar-refractivity contribution in [2.24, 2.45) is 0 Å². The van der Waals surface area contributed by atoms with E-state index in [0.29, 0.717) is 10.8 Å². The first-order valence-electron chi connectivity index (χ1n) is 10.2. The van der Waals surface area contributed by atoms with Crippen LogP contribution < -0.4 is 4.72 Å². The Morgan fingerprint density at radius 2 is 1.91 bits per heavy atom. The number of ether oxygens (including phenoxy) is 1. The largest absolute Gasteiger partial charge is 0.372 e. The van der Waals surface area contributed by atoms with Crippen LogP contribution in [-0.4, -0.2) is 50.5 Å². The van der Waals surface area contributed by atoms with Gasteiger partial charge in [0.05, 0.1) is 5.02 Å². The van der Waals surface area contributed by atoms with Gasteiger partial charge in [-0.3, -0.25) is 14.3 Å². The summed E-state index contributed by atoms with van der Waals surface area (Å²) in [7, 11) is -2.52. The van der Waals surface area contributed by atoms with Crippen molar-refractivity contribution in [3.05, 3.63) is 47.3 Å². The predicted octanol–water partition coefficient (Wildman–Crippen LogP) is 3.33. The van der Waals surface area contributed by atoms with Crippen LogP contribution in [0.3, 0.4) is 0 Å². The molecule has 1 fully saturated rings. The minimum atomic E-state index is -3.93. The minimum absolute atomic E-state index is 0.117. The second-order valence-corrected chi connectivity index (χ2v) is 10.3. The molecule has 1 N–H and O–H groups in total. The van der Waals surface area contributed by atoms with Crippen LogP contribution in [0.15, 0.2) is 30.9 Å². The van der Waals surface area contributed by atoms with Crippen LogP contribution in [0, 0.1) is 6.92 Å². The summed E-state index contributed by atoms with van der Waals surface area (Å²) in [6, 6.07) is 2.07. The lowest BCUT2D eigenvalue weighted by Crippen LogP contribution is -2.34. The summed E-state index contributed by atoms with van der Waals surface area (Å²) >= 11 is 5.85. The highest BCUT2D eigenvalue weighted by Gasteiger charge is 2.35. The third-order valence-corrected chi connectivity index (χ3v) is 7.46. The summed E-state index contributed by atoms with van der Waals surface area (Å²) < 4.78 is 36.4. The lowest BCUT2D eigenvalue weighted by Gasteiger charge is -2.29. The maximum Gasteiger partial charge on any atom is 0.240 e. The fraction of sp³-hybridized carbons (Fsp3) is 0.450. The van der Waals surface area contributed by atoms with Crippen molar-refractivity contribution in [1.82, 2.24) is 29.7 Å². The molecule has 2 atom stereocenters. The summed E-state index contributed by atoms with van der Waals surface area (Å²) in [5.74, 6) is 0.979. The van der Waals surface area contributed by atoms with E-state index >= 15 is 0 Å². The number of nitrogens with zero attached hydrogens (tertiary/aromatic N) is 6. The van der Waals surface area contributed by atoms with Crippen LogP contribution in [0.1, 0.15) is 49.7 Å². The van der Waals surface area contributed by atoms with Crippen LogP contribution >= 0.6 is 11.6 Å². The Kier molecular flexibility index (Phi) is 6.40. The molecule has 1 aliphatic rings. The van der Waals surface area contributed by atoms with Crippen LogP contribution in [0.4, 0.5) is 5.95 Å². The maximum absolute atomic E-state index is 13.3. The number of hydrogen-bond donors (Lipinski definition) is 1. The van der Waals surface area contributed by atoms with Crippen molar-refractivity contribution in [2.75, 3.05) is 11.8 Å². The molecule has 0 spiro atoms. The lowest BCUT2D eigenvalue weighted by molar-refractivity contribution is 0.0950. The van der Waals surface area contributed by atoms with Gasteiger partial charge >= 0.3 is 0 Å². The van der Waals surface area contributed by atoms with E-state index in [4.69, 9.17) is 16.3 Å². The van der Waals surface area contributed by atoms with Gasteiger partial charge in [0.25, 0.3) is 0 Å². The smallest absolute Gasteiger partial charge is 0.240 e. The van der Waals surface area contributed by atoms with E-state index in [1.165, 1.54) is 26.4 Å². The fourth-order valence-corrected chi connectivity index (χ4v) is 4.82. The van der Waals surface area contributed by atoms with Gasteiger partial charge in [0.2, 0.25) is 16.0 Å². The molecule has 0 aromatic carbocycles. The van der Waals surface area contributed by atoms with Crippen molar-refractivity contribution in [3.8, 4) is 11.4 Å². The van der Waals surface area contributed by atoms with E-state index < -0.39 is 21.4 Å². The Morgan fingerprint density at radius 1 is 1.19 bits per heavy atom. The first kappa shape index (κ1) is 22.6. The molecule has 170 valence electrons. The molecule has 10 nitrogen and oxygen atoms in total. The molecule has 0 aliphatic heterocycles. The second kappa shape index (κ2) is 9.08. The molecule has 4 rings (SSSR count). The van der Waals surface area contributed by atoms with E-state index in [0.717, 1.165) is 30.4 Å². The van der Waals surface area contributed by atoms with Crippen molar-refractivity contribution >= 4 is 27.6 Å². The number of hydrogen-bond acceptors (Lipinski definition) is 8. The average Bonchev–Trinajstić information content (AvgIpc) is 3.11. The van der Waals surface area contributed by atoms with Crippen LogP contribution in [0.2, 0.25) is 5.02 Å². The Balaban J connectivity index is 1.66. The van der Waals surface area contributed by atoms with Gasteiger partial charge in [0, 0.05) is 43.5 Å². The maximum atomic E-state index is 13.3. The molecule has 3 aromatic rings. The van der Waals surface area contributed by atoms with Crippen molar-refractivity contribution < 1.29 is 13.2 Å². The number of aryl methyl sites for hydroxylation is 1. The molecule has 0 radical (unpaired) electrons. The van der Waals surface area contributed by atoms with Crippen molar-refractivity contribution in [3.63, 3.8) is 0 Å². The Morgan fingerprint density at radius 3 is 2.50 bits per heavy atom. The average molecular weight is 478 g/mol. The number of aromatic nitrogens is 6. The number of sulfonamides is 1. The quantitative estimate of drug-likeness (QED) is 0.523. The first-order valence-corrected chi connectivity index (χ1v) is 12.1. The number of pyridine rings is 1. The van der Waals surface area contributed by atoms with Crippen LogP contribution in [0.5, 0.6) is 0 Å². The Hall–Kier alpha value is -2.63. The Labute approximate surface area is 191 Å². The molecular weight excluding hydrogens is 454 g/mol. The van der Waals surface area contributed by atoms with Gasteiger partial charge in [-0.05, 0) is 44.7 Å². The predicted molar refractivity (Wildman–Crippen MR) is 120 cm³/mol. The van der Waals surface area contributed by atoms with E-state index in [2.05, 4.69) is 29.9 Å². The van der Waals surface area contributed by atoms with Gasteiger partial charge in [-0.15, -0.1) is 10.2 Å². The SMILES string of the molecule is CO[C@H](c1ncc(Cl)cn1)[C@H](C)S(=O)(=O)Nc1nnc(-c2cncc(C)c2)n1C1CCC1. The van der Waals surface area contributed by atoms with E-state index in [1.807, 2.05) is 17.6 Å². The van der Waals surface area contributed by atoms with E-state index in [-0.39, 0.29) is 17.8 Å². The van der Waals surface area contributed by atoms with Gasteiger partial charge in [-0.1, -0.05) is 11.6 Å². The van der Waals surface area contributed by atoms with E-state index in [1.54, 1.807) is 12.4 Å². The number of rotatable bonds is 8. The molecule has 32 heavy (non-hydrogen) atoms. The molecule has 12 heteroatoms. The molecule has 0 amide bonds. The number of halogens is 1. The standard InChI is InChI=1S/C20H24ClN7O3S/c1-12-7-14(9-22-8-12)19-25-26-20(28(19)16-5-4-6-16)27-32(29,30)13(2)17(31-3)18-23-10-15(21)11-24-18/h7-11,13,16-17H,4-6H2,1-3H3,(H,26,27)/t13-,17-/m0/s1. The summed E-state index contributed by atoms with van der Waals surface area (Å²) in [5, 5.41) is 7.79. The molecule has 1 saturated carbocycles. The molecular formula is C20H24ClN7O3S. The molecule has 0 bridgehead atoms.